The Morgan fingerprint density at radius 1 is 1.25 bits per heavy atom. The number of anilines is 1. The summed E-state index contributed by atoms with van der Waals surface area (Å²) in [5, 5.41) is 21.0. The summed E-state index contributed by atoms with van der Waals surface area (Å²) in [6, 6.07) is 9.03. The van der Waals surface area contributed by atoms with Gasteiger partial charge in [-0.25, -0.2) is 9.78 Å². The van der Waals surface area contributed by atoms with Gasteiger partial charge in [0.05, 0.1) is 28.3 Å². The van der Waals surface area contributed by atoms with Crippen LogP contribution in [0, 0.1) is 18.3 Å². The number of nitrogens with one attached hydrogen (secondary N) is 1. The molecule has 0 atom stereocenters. The highest BCUT2D eigenvalue weighted by Gasteiger charge is 2.19. The minimum absolute atomic E-state index is 0.000997. The van der Waals surface area contributed by atoms with E-state index in [1.165, 1.54) is 18.3 Å². The third-order valence-electron chi connectivity index (χ3n) is 4.27. The molecule has 1 amide bonds. The molecular formula is C20H16N4O4. The number of nitriles is 1. The fourth-order valence-electron chi connectivity index (χ4n) is 2.85. The zero-order valence-corrected chi connectivity index (χ0v) is 15.2. The summed E-state index contributed by atoms with van der Waals surface area (Å²) in [6.07, 6.45) is 1.41. The van der Waals surface area contributed by atoms with Crippen LogP contribution in [-0.2, 0) is 6.54 Å². The van der Waals surface area contributed by atoms with Gasteiger partial charge >= 0.3 is 5.97 Å². The minimum Gasteiger partial charge on any atom is -0.478 e. The lowest BCUT2D eigenvalue weighted by atomic mass is 10.1. The molecule has 140 valence electrons. The first-order valence-electron chi connectivity index (χ1n) is 8.45. The summed E-state index contributed by atoms with van der Waals surface area (Å²) in [5.74, 6) is -2.03. The highest BCUT2D eigenvalue weighted by atomic mass is 16.4. The maximum absolute atomic E-state index is 12.8. The lowest BCUT2D eigenvalue weighted by Crippen LogP contribution is -2.25. The Kier molecular flexibility index (Phi) is 4.92. The quantitative estimate of drug-likeness (QED) is 0.721. The van der Waals surface area contributed by atoms with Crippen molar-refractivity contribution in [2.24, 2.45) is 0 Å². The number of carboxylic acid groups (broad SMARTS) is 1. The Hall–Kier alpha value is -3.99. The molecule has 8 heteroatoms. The van der Waals surface area contributed by atoms with Gasteiger partial charge in [0, 0.05) is 18.4 Å². The van der Waals surface area contributed by atoms with Crippen molar-refractivity contribution in [3.8, 4) is 6.07 Å². The third kappa shape index (κ3) is 3.33. The summed E-state index contributed by atoms with van der Waals surface area (Å²) < 4.78 is 1.69. The molecule has 2 N–H and O–H groups in total. The molecule has 0 radical (unpaired) electrons. The SMILES string of the molecule is CCn1cc(C(=O)Nc2ccc(C#N)cc2C(=O)O)c(=O)c2ccc(C)nc21. The topological polar surface area (TPSA) is 125 Å². The van der Waals surface area contributed by atoms with E-state index in [1.54, 1.807) is 16.7 Å². The molecule has 1 aromatic carbocycles. The molecule has 0 aliphatic rings. The first kappa shape index (κ1) is 18.8. The van der Waals surface area contributed by atoms with Gasteiger partial charge in [-0.15, -0.1) is 0 Å². The Balaban J connectivity index is 2.09. The van der Waals surface area contributed by atoms with Crippen LogP contribution in [0.5, 0.6) is 0 Å². The molecule has 0 unspecified atom stereocenters. The number of carbonyl (C=O) groups excluding carboxylic acids is 1. The van der Waals surface area contributed by atoms with Gasteiger partial charge in [0.1, 0.15) is 11.2 Å². The second-order valence-electron chi connectivity index (χ2n) is 6.11. The summed E-state index contributed by atoms with van der Waals surface area (Å²) in [4.78, 5) is 41.3. The Bertz CT molecular complexity index is 1220. The Morgan fingerprint density at radius 2 is 2.00 bits per heavy atom. The van der Waals surface area contributed by atoms with Gasteiger partial charge in [-0.2, -0.15) is 5.26 Å². The number of pyridine rings is 2. The van der Waals surface area contributed by atoms with Crippen molar-refractivity contribution in [3.05, 3.63) is 69.1 Å². The van der Waals surface area contributed by atoms with E-state index in [4.69, 9.17) is 5.26 Å². The predicted molar refractivity (Wildman–Crippen MR) is 102 cm³/mol. The molecule has 0 bridgehead atoms. The van der Waals surface area contributed by atoms with Crippen LogP contribution in [0.4, 0.5) is 5.69 Å². The number of aromatic nitrogens is 2. The maximum Gasteiger partial charge on any atom is 0.337 e. The molecule has 28 heavy (non-hydrogen) atoms. The van der Waals surface area contributed by atoms with Gasteiger partial charge in [-0.3, -0.25) is 9.59 Å². The lowest BCUT2D eigenvalue weighted by Gasteiger charge is -2.12. The molecule has 3 aromatic rings. The van der Waals surface area contributed by atoms with Crippen LogP contribution in [0.2, 0.25) is 0 Å². The normalized spacial score (nSPS) is 10.5. The Labute approximate surface area is 159 Å². The van der Waals surface area contributed by atoms with E-state index in [9.17, 15) is 19.5 Å². The van der Waals surface area contributed by atoms with Crippen LogP contribution in [0.15, 0.2) is 41.3 Å². The first-order chi connectivity index (χ1) is 13.3. The van der Waals surface area contributed by atoms with Gasteiger partial charge in [0.25, 0.3) is 5.91 Å². The molecule has 2 heterocycles. The number of carboxylic acids is 1. The number of hydrogen-bond acceptors (Lipinski definition) is 5. The molecule has 8 nitrogen and oxygen atoms in total. The number of benzene rings is 1. The van der Waals surface area contributed by atoms with Gasteiger partial charge in [-0.05, 0) is 44.2 Å². The van der Waals surface area contributed by atoms with Crippen molar-refractivity contribution < 1.29 is 14.7 Å². The number of nitrogens with zero attached hydrogens (tertiary/aromatic N) is 3. The average Bonchev–Trinajstić information content (AvgIpc) is 2.68. The van der Waals surface area contributed by atoms with Gasteiger partial charge in [0.2, 0.25) is 5.43 Å². The molecule has 0 aliphatic carbocycles. The summed E-state index contributed by atoms with van der Waals surface area (Å²) in [6.45, 7) is 4.16. The number of carbonyl (C=O) groups is 2. The van der Waals surface area contributed by atoms with Crippen molar-refractivity contribution in [3.63, 3.8) is 0 Å². The molecule has 0 aliphatic heterocycles. The largest absolute Gasteiger partial charge is 0.478 e. The van der Waals surface area contributed by atoms with E-state index < -0.39 is 17.3 Å². The second kappa shape index (κ2) is 7.32. The number of fused-ring (bicyclic) bond motifs is 1. The smallest absolute Gasteiger partial charge is 0.337 e. The van der Waals surface area contributed by atoms with E-state index in [0.29, 0.717) is 17.6 Å². The monoisotopic (exact) mass is 376 g/mol. The van der Waals surface area contributed by atoms with Crippen molar-refractivity contribution in [1.82, 2.24) is 9.55 Å². The zero-order chi connectivity index (χ0) is 20.4. The van der Waals surface area contributed by atoms with E-state index in [1.807, 2.05) is 19.9 Å². The van der Waals surface area contributed by atoms with E-state index in [0.717, 1.165) is 11.8 Å². The van der Waals surface area contributed by atoms with Crippen molar-refractivity contribution in [1.29, 1.82) is 5.26 Å². The predicted octanol–water partition coefficient (Wildman–Crippen LogP) is 2.55. The summed E-state index contributed by atoms with van der Waals surface area (Å²) in [7, 11) is 0. The van der Waals surface area contributed by atoms with Crippen LogP contribution in [0.25, 0.3) is 11.0 Å². The first-order valence-corrected chi connectivity index (χ1v) is 8.45. The average molecular weight is 376 g/mol. The van der Waals surface area contributed by atoms with Crippen molar-refractivity contribution in [2.75, 3.05) is 5.32 Å². The van der Waals surface area contributed by atoms with E-state index in [2.05, 4.69) is 10.3 Å². The van der Waals surface area contributed by atoms with E-state index in [-0.39, 0.29) is 22.4 Å². The molecule has 0 spiro atoms. The Morgan fingerprint density at radius 3 is 2.64 bits per heavy atom. The number of rotatable bonds is 4. The molecule has 2 aromatic heterocycles. The molecular weight excluding hydrogens is 360 g/mol. The summed E-state index contributed by atoms with van der Waals surface area (Å²) in [5.41, 5.74) is 0.526. The van der Waals surface area contributed by atoms with Gasteiger partial charge in [-0.1, -0.05) is 0 Å². The van der Waals surface area contributed by atoms with Crippen LogP contribution in [-0.4, -0.2) is 26.5 Å². The fraction of sp³-hybridized carbons (Fsp3) is 0.150. The second-order valence-corrected chi connectivity index (χ2v) is 6.11. The van der Waals surface area contributed by atoms with Crippen molar-refractivity contribution >= 4 is 28.6 Å². The van der Waals surface area contributed by atoms with Gasteiger partial charge in [0.15, 0.2) is 0 Å². The summed E-state index contributed by atoms with van der Waals surface area (Å²) >= 11 is 0. The highest BCUT2D eigenvalue weighted by Crippen LogP contribution is 2.19. The van der Waals surface area contributed by atoms with Crippen molar-refractivity contribution in [2.45, 2.75) is 20.4 Å². The lowest BCUT2D eigenvalue weighted by molar-refractivity contribution is 0.0698. The number of amides is 1. The van der Waals surface area contributed by atoms with E-state index >= 15 is 0 Å². The van der Waals surface area contributed by atoms with Crippen LogP contribution < -0.4 is 10.7 Å². The van der Waals surface area contributed by atoms with Gasteiger partial charge < -0.3 is 15.0 Å². The maximum atomic E-state index is 12.8. The molecule has 3 rings (SSSR count). The standard InChI is InChI=1S/C20H16N4O4/c1-3-24-10-15(17(25)13-6-4-11(2)22-18(13)24)19(26)23-16-7-5-12(9-21)8-14(16)20(27)28/h4-8,10H,3H2,1-2H3,(H,23,26)(H,27,28). The minimum atomic E-state index is -1.29. The number of aromatic carboxylic acids is 1. The molecule has 0 saturated carbocycles. The third-order valence-corrected chi connectivity index (χ3v) is 4.27. The van der Waals surface area contributed by atoms with Crippen LogP contribution in [0.1, 0.15) is 38.9 Å². The zero-order valence-electron chi connectivity index (χ0n) is 15.2. The number of hydrogen-bond donors (Lipinski definition) is 2. The highest BCUT2D eigenvalue weighted by molar-refractivity contribution is 6.08. The molecule has 0 saturated heterocycles. The fourth-order valence-corrected chi connectivity index (χ4v) is 2.85. The molecule has 0 fully saturated rings. The number of aryl methyl sites for hydroxylation is 2. The van der Waals surface area contributed by atoms with Crippen LogP contribution >= 0.6 is 0 Å². The van der Waals surface area contributed by atoms with Crippen LogP contribution in [0.3, 0.4) is 0 Å².